The van der Waals surface area contributed by atoms with E-state index < -0.39 is 0 Å². The van der Waals surface area contributed by atoms with Crippen LogP contribution in [0.5, 0.6) is 0 Å². The summed E-state index contributed by atoms with van der Waals surface area (Å²) in [6.45, 7) is 5.01. The van der Waals surface area contributed by atoms with Crippen molar-refractivity contribution in [1.82, 2.24) is 0 Å². The summed E-state index contributed by atoms with van der Waals surface area (Å²) in [6.07, 6.45) is 3.40. The molecule has 0 aliphatic rings. The van der Waals surface area contributed by atoms with Gasteiger partial charge in [0, 0.05) is 0 Å². The van der Waals surface area contributed by atoms with Gasteiger partial charge in [0.1, 0.15) is 0 Å². The van der Waals surface area contributed by atoms with Gasteiger partial charge in [0.25, 0.3) is 0 Å². The van der Waals surface area contributed by atoms with E-state index in [0.717, 1.165) is 0 Å². The average molecular weight is 178 g/mol. The minimum absolute atomic E-state index is 0.358. The summed E-state index contributed by atoms with van der Waals surface area (Å²) in [4.78, 5) is 2.07. The number of rotatable bonds is 2. The standard InChI is InChI=1S/C4H4As.V/c1-2-3-4-5;/h1-4H;/q-1;/b4-3-;. The monoisotopic (exact) mass is 178 g/mol. The maximum atomic E-state index is 5.01. The third-order valence-electron chi connectivity index (χ3n) is 0.264. The van der Waals surface area contributed by atoms with Crippen molar-refractivity contribution >= 4 is 13.0 Å². The topological polar surface area (TPSA) is 0 Å². The second kappa shape index (κ2) is 5.62. The molecule has 0 radical (unpaired) electrons. The first-order valence-corrected chi connectivity index (χ1v) is 6.63. The van der Waals surface area contributed by atoms with Crippen molar-refractivity contribution in [1.29, 1.82) is 0 Å². The van der Waals surface area contributed by atoms with Gasteiger partial charge >= 0.3 is 51.4 Å². The third kappa shape index (κ3) is 4.62. The van der Waals surface area contributed by atoms with Gasteiger partial charge in [-0.1, -0.05) is 0 Å². The van der Waals surface area contributed by atoms with Crippen molar-refractivity contribution in [3.63, 3.8) is 0 Å². The molecule has 31 valence electrons. The van der Waals surface area contributed by atoms with E-state index >= 15 is 0 Å². The van der Waals surface area contributed by atoms with E-state index in [1.807, 2.05) is 6.08 Å². The number of allylic oxidation sites excluding steroid dienone is 2. The van der Waals surface area contributed by atoms with Crippen molar-refractivity contribution in [2.24, 2.45) is 0 Å². The molecule has 0 atom stereocenters. The predicted octanol–water partition coefficient (Wildman–Crippen LogP) is 0.655. The molecule has 0 aliphatic carbocycles. The molecule has 0 N–H and O–H groups in total. The zero-order valence-corrected chi connectivity index (χ0v) is 6.48. The van der Waals surface area contributed by atoms with Crippen LogP contribution in [0.2, 0.25) is 0 Å². The van der Waals surface area contributed by atoms with Gasteiger partial charge in [0.05, 0.1) is 0 Å². The normalized spacial score (nSPS) is 9.83. The Kier molecular flexibility index (Phi) is 6.21. The van der Waals surface area contributed by atoms with Crippen LogP contribution in [0.4, 0.5) is 0 Å². The van der Waals surface area contributed by atoms with Crippen LogP contribution in [0.25, 0.3) is 0 Å². The van der Waals surface area contributed by atoms with E-state index in [1.165, 1.54) is 0 Å². The molecule has 0 aromatic heterocycles. The average Bonchev–Trinajstić information content (AvgIpc) is 1.61. The predicted molar refractivity (Wildman–Crippen MR) is 23.8 cm³/mol. The van der Waals surface area contributed by atoms with Gasteiger partial charge in [0.15, 0.2) is 0 Å². The summed E-state index contributed by atoms with van der Waals surface area (Å²) in [5.41, 5.74) is 0. The van der Waals surface area contributed by atoms with E-state index in [4.69, 9.17) is 6.58 Å². The Morgan fingerprint density at radius 1 is 1.67 bits per heavy atom. The Bertz CT molecular complexity index is 65.6. The van der Waals surface area contributed by atoms with E-state index in [0.29, 0.717) is 13.0 Å². The molecular weight excluding hydrogens is 174 g/mol. The summed E-state index contributed by atoms with van der Waals surface area (Å²) < 4.78 is 0. The molecule has 0 aliphatic heterocycles. The molecule has 0 rings (SSSR count). The van der Waals surface area contributed by atoms with Gasteiger partial charge in [-0.3, -0.25) is 0 Å². The van der Waals surface area contributed by atoms with Crippen LogP contribution in [0.15, 0.2) is 17.0 Å². The molecule has 0 bridgehead atoms. The summed E-state index contributed by atoms with van der Waals surface area (Å²) in [5, 5.41) is 0. The molecule has 0 aromatic carbocycles. The first-order valence-electron chi connectivity index (χ1n) is 1.46. The van der Waals surface area contributed by atoms with Crippen LogP contribution >= 0.6 is 0 Å². The summed E-state index contributed by atoms with van der Waals surface area (Å²) in [5.74, 6) is 0. The first kappa shape index (κ1) is 6.62. The Hall–Kier alpha value is 0.623. The third-order valence-corrected chi connectivity index (χ3v) is 1.99. The van der Waals surface area contributed by atoms with Gasteiger partial charge in [-0.25, -0.2) is 0 Å². The van der Waals surface area contributed by atoms with Crippen molar-refractivity contribution in [3.8, 4) is 0 Å². The molecular formula is C4H4AsV-. The van der Waals surface area contributed by atoms with Gasteiger partial charge in [-0.05, 0) is 0 Å². The Morgan fingerprint density at radius 2 is 2.33 bits per heavy atom. The van der Waals surface area contributed by atoms with E-state index in [1.54, 1.807) is 6.08 Å². The SMILES string of the molecule is [CH-]=C/C=C\[As]=[V]. The number of hydrogen-bond acceptors (Lipinski definition) is 0. The van der Waals surface area contributed by atoms with Gasteiger partial charge < -0.3 is 0 Å². The summed E-state index contributed by atoms with van der Waals surface area (Å²) in [7, 11) is 0. The van der Waals surface area contributed by atoms with Crippen LogP contribution in [-0.2, 0) is 14.8 Å². The molecule has 0 nitrogen and oxygen atoms in total. The molecule has 0 fully saturated rings. The summed E-state index contributed by atoms with van der Waals surface area (Å²) >= 11 is 2.89. The maximum absolute atomic E-state index is 5.01. The van der Waals surface area contributed by atoms with E-state index in [9.17, 15) is 0 Å². The Morgan fingerprint density at radius 3 is 2.50 bits per heavy atom. The zero-order valence-electron chi connectivity index (χ0n) is 3.20. The Balaban J connectivity index is 3.17. The van der Waals surface area contributed by atoms with Crippen LogP contribution in [-0.4, -0.2) is 13.0 Å². The molecule has 6 heavy (non-hydrogen) atoms. The van der Waals surface area contributed by atoms with Gasteiger partial charge in [-0.2, -0.15) is 0 Å². The number of hydrogen-bond donors (Lipinski definition) is 0. The van der Waals surface area contributed by atoms with Crippen molar-refractivity contribution in [3.05, 3.63) is 23.6 Å². The van der Waals surface area contributed by atoms with Crippen molar-refractivity contribution < 1.29 is 14.8 Å². The molecule has 0 unspecified atom stereocenters. The first-order chi connectivity index (χ1) is 2.91. The second-order valence-electron chi connectivity index (χ2n) is 0.649. The Labute approximate surface area is 51.4 Å². The van der Waals surface area contributed by atoms with E-state index in [2.05, 4.69) is 19.6 Å². The molecule has 0 spiro atoms. The van der Waals surface area contributed by atoms with Crippen LogP contribution in [0, 0.1) is 6.58 Å². The second-order valence-corrected chi connectivity index (χ2v) is 3.63. The van der Waals surface area contributed by atoms with Crippen LogP contribution in [0.1, 0.15) is 0 Å². The molecule has 0 heterocycles. The van der Waals surface area contributed by atoms with Crippen LogP contribution < -0.4 is 0 Å². The van der Waals surface area contributed by atoms with Crippen molar-refractivity contribution in [2.45, 2.75) is 0 Å². The fourth-order valence-corrected chi connectivity index (χ4v) is 1.08. The van der Waals surface area contributed by atoms with Gasteiger partial charge in [0.2, 0.25) is 0 Å². The molecule has 0 saturated carbocycles. The summed E-state index contributed by atoms with van der Waals surface area (Å²) in [6, 6.07) is 0. The van der Waals surface area contributed by atoms with Crippen molar-refractivity contribution in [2.75, 3.05) is 0 Å². The molecule has 0 amide bonds. The van der Waals surface area contributed by atoms with E-state index in [-0.39, 0.29) is 0 Å². The zero-order chi connectivity index (χ0) is 4.83. The fourth-order valence-electron chi connectivity index (χ4n) is 0.0882. The fraction of sp³-hybridized carbons (Fsp3) is 0. The molecule has 2 heteroatoms. The van der Waals surface area contributed by atoms with Gasteiger partial charge in [-0.15, -0.1) is 0 Å². The molecule has 0 saturated heterocycles. The molecule has 0 aromatic rings. The quantitative estimate of drug-likeness (QED) is 0.331. The minimum atomic E-state index is 0.358. The van der Waals surface area contributed by atoms with Crippen LogP contribution in [0.3, 0.4) is 0 Å².